The number of hydrogen-bond donors (Lipinski definition) is 1. The van der Waals surface area contributed by atoms with Gasteiger partial charge in [-0.2, -0.15) is 0 Å². The van der Waals surface area contributed by atoms with Crippen molar-refractivity contribution in [2.75, 3.05) is 6.54 Å². The van der Waals surface area contributed by atoms with Crippen molar-refractivity contribution in [1.82, 2.24) is 10.2 Å². The van der Waals surface area contributed by atoms with E-state index >= 15 is 0 Å². The normalized spacial score (nSPS) is 11.7. The SMILES string of the molecule is CCCCCNC(=O)C(Cc1ccccc1)N(Cc1ccc(F)cc1)C(C)=O. The molecule has 150 valence electrons. The Morgan fingerprint density at radius 3 is 2.29 bits per heavy atom. The number of unbranched alkanes of at least 4 members (excludes halogenated alkanes) is 2. The highest BCUT2D eigenvalue weighted by atomic mass is 19.1. The Morgan fingerprint density at radius 2 is 1.68 bits per heavy atom. The lowest BCUT2D eigenvalue weighted by molar-refractivity contribution is -0.139. The number of carbonyl (C=O) groups is 2. The van der Waals surface area contributed by atoms with Crippen LogP contribution in [-0.4, -0.2) is 29.3 Å². The minimum absolute atomic E-state index is 0.155. The molecule has 2 rings (SSSR count). The molecular weight excluding hydrogens is 355 g/mol. The molecule has 0 bridgehead atoms. The Bertz CT molecular complexity index is 747. The molecule has 1 N–H and O–H groups in total. The van der Waals surface area contributed by atoms with Crippen LogP contribution >= 0.6 is 0 Å². The van der Waals surface area contributed by atoms with Crippen molar-refractivity contribution in [3.63, 3.8) is 0 Å². The van der Waals surface area contributed by atoms with Crippen LogP contribution in [0.25, 0.3) is 0 Å². The summed E-state index contributed by atoms with van der Waals surface area (Å²) in [5.41, 5.74) is 1.77. The number of amides is 2. The molecule has 2 aromatic rings. The smallest absolute Gasteiger partial charge is 0.243 e. The van der Waals surface area contributed by atoms with Gasteiger partial charge < -0.3 is 10.2 Å². The predicted molar refractivity (Wildman–Crippen MR) is 109 cm³/mol. The number of nitrogens with zero attached hydrogens (tertiary/aromatic N) is 1. The summed E-state index contributed by atoms with van der Waals surface area (Å²) in [4.78, 5) is 26.9. The summed E-state index contributed by atoms with van der Waals surface area (Å²) < 4.78 is 13.2. The van der Waals surface area contributed by atoms with Crippen LogP contribution in [0.4, 0.5) is 4.39 Å². The quantitative estimate of drug-likeness (QED) is 0.627. The highest BCUT2D eigenvalue weighted by Crippen LogP contribution is 2.15. The summed E-state index contributed by atoms with van der Waals surface area (Å²) in [5.74, 6) is -0.668. The fourth-order valence-electron chi connectivity index (χ4n) is 3.11. The second-order valence-corrected chi connectivity index (χ2v) is 6.98. The van der Waals surface area contributed by atoms with Crippen molar-refractivity contribution in [1.29, 1.82) is 0 Å². The third kappa shape index (κ3) is 6.80. The predicted octanol–water partition coefficient (Wildman–Crippen LogP) is 4.09. The van der Waals surface area contributed by atoms with Crippen LogP contribution in [-0.2, 0) is 22.6 Å². The molecule has 0 saturated heterocycles. The topological polar surface area (TPSA) is 49.4 Å². The number of benzene rings is 2. The number of halogens is 1. The first-order valence-electron chi connectivity index (χ1n) is 9.84. The maximum absolute atomic E-state index is 13.2. The fourth-order valence-corrected chi connectivity index (χ4v) is 3.11. The van der Waals surface area contributed by atoms with Crippen molar-refractivity contribution in [3.8, 4) is 0 Å². The van der Waals surface area contributed by atoms with Crippen LogP contribution in [0.1, 0.15) is 44.2 Å². The van der Waals surface area contributed by atoms with E-state index in [4.69, 9.17) is 0 Å². The van der Waals surface area contributed by atoms with Gasteiger partial charge in [-0.15, -0.1) is 0 Å². The molecular formula is C23H29FN2O2. The van der Waals surface area contributed by atoms with E-state index in [9.17, 15) is 14.0 Å². The van der Waals surface area contributed by atoms with Crippen molar-refractivity contribution in [2.24, 2.45) is 0 Å². The van der Waals surface area contributed by atoms with Gasteiger partial charge in [0.1, 0.15) is 11.9 Å². The Morgan fingerprint density at radius 1 is 1.00 bits per heavy atom. The van der Waals surface area contributed by atoms with Gasteiger partial charge in [-0.3, -0.25) is 9.59 Å². The first-order valence-corrected chi connectivity index (χ1v) is 9.84. The van der Waals surface area contributed by atoms with E-state index in [1.54, 1.807) is 17.0 Å². The molecule has 4 nitrogen and oxygen atoms in total. The largest absolute Gasteiger partial charge is 0.354 e. The molecule has 28 heavy (non-hydrogen) atoms. The molecule has 0 radical (unpaired) electrons. The molecule has 0 fully saturated rings. The summed E-state index contributed by atoms with van der Waals surface area (Å²) in [6.45, 7) is 4.43. The number of nitrogens with one attached hydrogen (secondary N) is 1. The summed E-state index contributed by atoms with van der Waals surface area (Å²) in [6.07, 6.45) is 3.47. The lowest BCUT2D eigenvalue weighted by Gasteiger charge is -2.30. The highest BCUT2D eigenvalue weighted by Gasteiger charge is 2.28. The second kappa shape index (κ2) is 11.2. The third-order valence-electron chi connectivity index (χ3n) is 4.70. The van der Waals surface area contributed by atoms with Crippen LogP contribution in [0.2, 0.25) is 0 Å². The van der Waals surface area contributed by atoms with Crippen molar-refractivity contribution < 1.29 is 14.0 Å². The average molecular weight is 384 g/mol. The molecule has 0 aromatic heterocycles. The molecule has 1 atom stereocenters. The average Bonchev–Trinajstić information content (AvgIpc) is 2.70. The molecule has 5 heteroatoms. The van der Waals surface area contributed by atoms with Gasteiger partial charge in [0, 0.05) is 26.4 Å². The number of hydrogen-bond acceptors (Lipinski definition) is 2. The summed E-state index contributed by atoms with van der Waals surface area (Å²) in [7, 11) is 0. The van der Waals surface area contributed by atoms with Gasteiger partial charge in [-0.25, -0.2) is 4.39 Å². The van der Waals surface area contributed by atoms with Crippen molar-refractivity contribution in [3.05, 3.63) is 71.5 Å². The third-order valence-corrected chi connectivity index (χ3v) is 4.70. The lowest BCUT2D eigenvalue weighted by atomic mass is 10.0. The van der Waals surface area contributed by atoms with E-state index < -0.39 is 6.04 Å². The Hall–Kier alpha value is -2.69. The molecule has 0 aliphatic heterocycles. The fraction of sp³-hybridized carbons (Fsp3) is 0.391. The van der Waals surface area contributed by atoms with Gasteiger partial charge >= 0.3 is 0 Å². The standard InChI is InChI=1S/C23H29FN2O2/c1-3-4-8-15-25-23(28)22(16-19-9-6-5-7-10-19)26(18(2)27)17-20-11-13-21(24)14-12-20/h5-7,9-14,22H,3-4,8,15-17H2,1-2H3,(H,25,28). The summed E-state index contributed by atoms with van der Waals surface area (Å²) in [6, 6.07) is 15.1. The lowest BCUT2D eigenvalue weighted by Crippen LogP contribution is -2.50. The first kappa shape index (κ1) is 21.6. The Labute approximate surface area is 166 Å². The van der Waals surface area contributed by atoms with Gasteiger partial charge in [0.15, 0.2) is 0 Å². The van der Waals surface area contributed by atoms with Crippen LogP contribution in [0.5, 0.6) is 0 Å². The highest BCUT2D eigenvalue weighted by molar-refractivity contribution is 5.87. The second-order valence-electron chi connectivity index (χ2n) is 6.98. The molecule has 0 saturated carbocycles. The first-order chi connectivity index (χ1) is 13.5. The van der Waals surface area contributed by atoms with Crippen LogP contribution in [0.3, 0.4) is 0 Å². The molecule has 2 aromatic carbocycles. The molecule has 1 unspecified atom stereocenters. The van der Waals surface area contributed by atoms with E-state index in [0.29, 0.717) is 13.0 Å². The maximum atomic E-state index is 13.2. The van der Waals surface area contributed by atoms with Gasteiger partial charge in [-0.1, -0.05) is 62.2 Å². The van der Waals surface area contributed by atoms with Gasteiger partial charge in [-0.05, 0) is 29.7 Å². The Balaban J connectivity index is 2.20. The van der Waals surface area contributed by atoms with Gasteiger partial charge in [0.05, 0.1) is 0 Å². The zero-order valence-corrected chi connectivity index (χ0v) is 16.7. The minimum Gasteiger partial charge on any atom is -0.354 e. The van der Waals surface area contributed by atoms with Crippen LogP contribution in [0, 0.1) is 5.82 Å². The molecule has 0 spiro atoms. The monoisotopic (exact) mass is 384 g/mol. The van der Waals surface area contributed by atoms with Crippen molar-refractivity contribution >= 4 is 11.8 Å². The van der Waals surface area contributed by atoms with Crippen molar-refractivity contribution in [2.45, 2.75) is 52.1 Å². The summed E-state index contributed by atoms with van der Waals surface area (Å²) in [5, 5.41) is 2.98. The minimum atomic E-state index is -0.619. The van der Waals surface area contributed by atoms with Crippen LogP contribution < -0.4 is 5.32 Å². The Kier molecular flexibility index (Phi) is 8.66. The van der Waals surface area contributed by atoms with E-state index in [2.05, 4.69) is 12.2 Å². The molecule has 0 aliphatic rings. The zero-order valence-electron chi connectivity index (χ0n) is 16.7. The van der Waals surface area contributed by atoms with Gasteiger partial charge in [0.2, 0.25) is 11.8 Å². The molecule has 2 amide bonds. The van der Waals surface area contributed by atoms with E-state index in [0.717, 1.165) is 30.4 Å². The van der Waals surface area contributed by atoms with E-state index in [1.165, 1.54) is 19.1 Å². The van der Waals surface area contributed by atoms with E-state index in [-0.39, 0.29) is 24.2 Å². The number of carbonyl (C=O) groups excluding carboxylic acids is 2. The molecule has 0 heterocycles. The van der Waals surface area contributed by atoms with Crippen LogP contribution in [0.15, 0.2) is 54.6 Å². The number of rotatable bonds is 10. The summed E-state index contributed by atoms with van der Waals surface area (Å²) >= 11 is 0. The maximum Gasteiger partial charge on any atom is 0.243 e. The van der Waals surface area contributed by atoms with E-state index in [1.807, 2.05) is 30.3 Å². The zero-order chi connectivity index (χ0) is 20.4. The molecule has 0 aliphatic carbocycles. The van der Waals surface area contributed by atoms with Gasteiger partial charge in [0.25, 0.3) is 0 Å².